The van der Waals surface area contributed by atoms with Crippen LogP contribution in [0.4, 0.5) is 5.69 Å². The molecule has 0 radical (unpaired) electrons. The first kappa shape index (κ1) is 18.0. The Morgan fingerprint density at radius 3 is 2.24 bits per heavy atom. The van der Waals surface area contributed by atoms with E-state index < -0.39 is 0 Å². The van der Waals surface area contributed by atoms with Crippen molar-refractivity contribution >= 4 is 21.6 Å². The molecule has 0 fully saturated rings. The van der Waals surface area contributed by atoms with Crippen LogP contribution in [-0.2, 0) is 0 Å². The topological polar surface area (TPSA) is 35.8 Å². The van der Waals surface area contributed by atoms with Gasteiger partial charge in [-0.3, -0.25) is 0 Å². The van der Waals surface area contributed by atoms with Crippen molar-refractivity contribution in [2.45, 2.75) is 71.3 Å². The molecule has 0 aromatic heterocycles. The summed E-state index contributed by atoms with van der Waals surface area (Å²) in [6, 6.07) is 8.57. The normalized spacial score (nSPS) is 10.6. The maximum atomic E-state index is 9.25. The number of rotatable bonds is 10. The molecule has 1 N–H and O–H groups in total. The molecule has 2 nitrogen and oxygen atoms in total. The molecule has 1 aromatic carbocycles. The zero-order valence-corrected chi connectivity index (χ0v) is 14.9. The van der Waals surface area contributed by atoms with E-state index in [0.717, 1.165) is 15.7 Å². The molecule has 0 aliphatic heterocycles. The SMILES string of the molecule is CCCCCC(CCCCC)Nc1cc(Br)ccc1C#N. The highest BCUT2D eigenvalue weighted by Crippen LogP contribution is 2.24. The summed E-state index contributed by atoms with van der Waals surface area (Å²) in [4.78, 5) is 0. The lowest BCUT2D eigenvalue weighted by molar-refractivity contribution is 0.526. The molecule has 3 heteroatoms. The van der Waals surface area contributed by atoms with Gasteiger partial charge in [-0.05, 0) is 31.0 Å². The fourth-order valence-electron chi connectivity index (χ4n) is 2.52. The highest BCUT2D eigenvalue weighted by Gasteiger charge is 2.11. The van der Waals surface area contributed by atoms with Gasteiger partial charge < -0.3 is 5.32 Å². The molecule has 0 saturated heterocycles. The minimum atomic E-state index is 0.476. The molecular weight excluding hydrogens is 324 g/mol. The van der Waals surface area contributed by atoms with E-state index in [9.17, 15) is 5.26 Å². The molecular formula is C18H27BrN2. The minimum Gasteiger partial charge on any atom is -0.381 e. The molecule has 0 saturated carbocycles. The molecule has 116 valence electrons. The molecule has 0 unspecified atom stereocenters. The van der Waals surface area contributed by atoms with Crippen LogP contribution in [0.15, 0.2) is 22.7 Å². The number of anilines is 1. The van der Waals surface area contributed by atoms with Crippen LogP contribution in [0, 0.1) is 11.3 Å². The van der Waals surface area contributed by atoms with E-state index in [1.54, 1.807) is 0 Å². The van der Waals surface area contributed by atoms with Gasteiger partial charge in [0.2, 0.25) is 0 Å². The van der Waals surface area contributed by atoms with Crippen LogP contribution in [0.25, 0.3) is 0 Å². The third-order valence-electron chi connectivity index (χ3n) is 3.77. The van der Waals surface area contributed by atoms with Crippen molar-refractivity contribution < 1.29 is 0 Å². The Hall–Kier alpha value is -1.01. The number of unbranched alkanes of at least 4 members (excludes halogenated alkanes) is 4. The molecule has 21 heavy (non-hydrogen) atoms. The fraction of sp³-hybridized carbons (Fsp3) is 0.611. The molecule has 0 aliphatic rings. The average Bonchev–Trinajstić information content (AvgIpc) is 2.48. The summed E-state index contributed by atoms with van der Waals surface area (Å²) in [6.45, 7) is 4.48. The Morgan fingerprint density at radius 2 is 1.71 bits per heavy atom. The van der Waals surface area contributed by atoms with Crippen molar-refractivity contribution in [1.82, 2.24) is 0 Å². The monoisotopic (exact) mass is 350 g/mol. The van der Waals surface area contributed by atoms with Crippen molar-refractivity contribution in [2.75, 3.05) is 5.32 Å². The zero-order chi connectivity index (χ0) is 15.5. The van der Waals surface area contributed by atoms with Crippen LogP contribution in [0.5, 0.6) is 0 Å². The second-order valence-corrected chi connectivity index (χ2v) is 6.55. The molecule has 1 rings (SSSR count). The molecule has 0 spiro atoms. The van der Waals surface area contributed by atoms with Crippen LogP contribution in [0.1, 0.15) is 70.8 Å². The van der Waals surface area contributed by atoms with Gasteiger partial charge in [0.25, 0.3) is 0 Å². The van der Waals surface area contributed by atoms with E-state index >= 15 is 0 Å². The van der Waals surface area contributed by atoms with Gasteiger partial charge in [0.05, 0.1) is 11.3 Å². The van der Waals surface area contributed by atoms with Gasteiger partial charge in [-0.15, -0.1) is 0 Å². The van der Waals surface area contributed by atoms with Crippen LogP contribution in [0.2, 0.25) is 0 Å². The van der Waals surface area contributed by atoms with Crippen LogP contribution in [-0.4, -0.2) is 6.04 Å². The van der Waals surface area contributed by atoms with Gasteiger partial charge >= 0.3 is 0 Å². The molecule has 0 bridgehead atoms. The number of nitriles is 1. The lowest BCUT2D eigenvalue weighted by atomic mass is 10.0. The van der Waals surface area contributed by atoms with Crippen LogP contribution >= 0.6 is 15.9 Å². The smallest absolute Gasteiger partial charge is 0.101 e. The minimum absolute atomic E-state index is 0.476. The van der Waals surface area contributed by atoms with Gasteiger partial charge in [0.1, 0.15) is 6.07 Å². The maximum absolute atomic E-state index is 9.25. The predicted octanol–water partition coefficient (Wildman–Crippen LogP) is 6.26. The van der Waals surface area contributed by atoms with Gasteiger partial charge in [-0.2, -0.15) is 5.26 Å². The Balaban J connectivity index is 2.69. The summed E-state index contributed by atoms with van der Waals surface area (Å²) in [5.41, 5.74) is 1.69. The van der Waals surface area contributed by atoms with Gasteiger partial charge in [-0.25, -0.2) is 0 Å². The molecule has 1 aromatic rings. The van der Waals surface area contributed by atoms with E-state index in [0.29, 0.717) is 6.04 Å². The van der Waals surface area contributed by atoms with Gasteiger partial charge in [0, 0.05) is 10.5 Å². The van der Waals surface area contributed by atoms with Gasteiger partial charge in [-0.1, -0.05) is 68.3 Å². The summed E-state index contributed by atoms with van der Waals surface area (Å²) < 4.78 is 1.02. The molecule has 0 atom stereocenters. The summed E-state index contributed by atoms with van der Waals surface area (Å²) >= 11 is 3.49. The summed E-state index contributed by atoms with van der Waals surface area (Å²) in [5.74, 6) is 0. The second kappa shape index (κ2) is 10.7. The van der Waals surface area contributed by atoms with E-state index in [-0.39, 0.29) is 0 Å². The first-order valence-corrected chi connectivity index (χ1v) is 8.96. The summed E-state index contributed by atoms with van der Waals surface area (Å²) in [5, 5.41) is 12.8. The lowest BCUT2D eigenvalue weighted by Crippen LogP contribution is -2.20. The molecule has 0 aliphatic carbocycles. The number of hydrogen-bond donors (Lipinski definition) is 1. The third kappa shape index (κ3) is 7.00. The van der Waals surface area contributed by atoms with Crippen molar-refractivity contribution in [2.24, 2.45) is 0 Å². The Bertz CT molecular complexity index is 441. The first-order chi connectivity index (χ1) is 10.2. The number of benzene rings is 1. The number of hydrogen-bond acceptors (Lipinski definition) is 2. The third-order valence-corrected chi connectivity index (χ3v) is 4.27. The Labute approximate surface area is 138 Å². The van der Waals surface area contributed by atoms with E-state index in [1.165, 1.54) is 51.4 Å². The second-order valence-electron chi connectivity index (χ2n) is 5.63. The van der Waals surface area contributed by atoms with Crippen molar-refractivity contribution in [3.63, 3.8) is 0 Å². The quantitative estimate of drug-likeness (QED) is 0.505. The zero-order valence-electron chi connectivity index (χ0n) is 13.3. The number of nitrogens with one attached hydrogen (secondary N) is 1. The van der Waals surface area contributed by atoms with Crippen molar-refractivity contribution in [3.05, 3.63) is 28.2 Å². The highest BCUT2D eigenvalue weighted by atomic mass is 79.9. The lowest BCUT2D eigenvalue weighted by Gasteiger charge is -2.21. The Kier molecular flexibility index (Phi) is 9.17. The highest BCUT2D eigenvalue weighted by molar-refractivity contribution is 9.10. The van der Waals surface area contributed by atoms with E-state index in [2.05, 4.69) is 41.2 Å². The predicted molar refractivity (Wildman–Crippen MR) is 94.6 cm³/mol. The van der Waals surface area contributed by atoms with Crippen LogP contribution in [0.3, 0.4) is 0 Å². The number of nitrogens with zero attached hydrogens (tertiary/aromatic N) is 1. The first-order valence-electron chi connectivity index (χ1n) is 8.17. The van der Waals surface area contributed by atoms with Crippen molar-refractivity contribution in [3.8, 4) is 6.07 Å². The average molecular weight is 351 g/mol. The largest absolute Gasteiger partial charge is 0.381 e. The summed E-state index contributed by atoms with van der Waals surface area (Å²) in [7, 11) is 0. The van der Waals surface area contributed by atoms with Crippen LogP contribution < -0.4 is 5.32 Å². The van der Waals surface area contributed by atoms with E-state index in [4.69, 9.17) is 0 Å². The molecule has 0 heterocycles. The van der Waals surface area contributed by atoms with E-state index in [1.807, 2.05) is 18.2 Å². The number of halogens is 1. The Morgan fingerprint density at radius 1 is 1.10 bits per heavy atom. The fourth-order valence-corrected chi connectivity index (χ4v) is 2.88. The van der Waals surface area contributed by atoms with Gasteiger partial charge in [0.15, 0.2) is 0 Å². The maximum Gasteiger partial charge on any atom is 0.101 e. The van der Waals surface area contributed by atoms with Crippen molar-refractivity contribution in [1.29, 1.82) is 5.26 Å². The molecule has 0 amide bonds. The standard InChI is InChI=1S/C18H27BrN2/c1-3-5-7-9-17(10-8-6-4-2)21-18-13-16(19)12-11-15(18)14-20/h11-13,17,21H,3-10H2,1-2H3. The summed E-state index contributed by atoms with van der Waals surface area (Å²) in [6.07, 6.45) is 9.98.